The first-order valence-corrected chi connectivity index (χ1v) is 12.0. The molecule has 170 valence electrons. The lowest BCUT2D eigenvalue weighted by Gasteiger charge is -2.27. The zero-order valence-electron chi connectivity index (χ0n) is 17.4. The molecule has 1 aliphatic heterocycles. The van der Waals surface area contributed by atoms with Crippen molar-refractivity contribution < 1.29 is 22.4 Å². The lowest BCUT2D eigenvalue weighted by molar-refractivity contribution is -0.122. The highest BCUT2D eigenvalue weighted by atomic mass is 35.5. The highest BCUT2D eigenvalue weighted by Crippen LogP contribution is 2.30. The Bertz CT molecular complexity index is 1270. The standard InChI is InChI=1S/C24H20ClFN2O4S/c25-18-6-10-20(11-7-18)28-23(29)16-22(24(28)30)27(15-14-17-4-2-1-3-5-17)33(31,32)21-12-8-19(26)9-13-21/h1-13,22H,14-16H2. The van der Waals surface area contributed by atoms with Crippen molar-refractivity contribution in [2.24, 2.45) is 0 Å². The lowest BCUT2D eigenvalue weighted by Crippen LogP contribution is -2.46. The van der Waals surface area contributed by atoms with E-state index in [1.165, 1.54) is 12.1 Å². The maximum atomic E-state index is 13.5. The van der Waals surface area contributed by atoms with E-state index in [4.69, 9.17) is 11.6 Å². The smallest absolute Gasteiger partial charge is 0.252 e. The van der Waals surface area contributed by atoms with Gasteiger partial charge in [-0.25, -0.2) is 17.7 Å². The molecule has 0 bridgehead atoms. The molecule has 33 heavy (non-hydrogen) atoms. The highest BCUT2D eigenvalue weighted by Gasteiger charge is 2.46. The van der Waals surface area contributed by atoms with Crippen LogP contribution in [0.2, 0.25) is 5.02 Å². The second kappa shape index (κ2) is 9.43. The summed E-state index contributed by atoms with van der Waals surface area (Å²) in [5.74, 6) is -1.72. The Hall–Kier alpha value is -3.07. The molecule has 6 nitrogen and oxygen atoms in total. The maximum Gasteiger partial charge on any atom is 0.252 e. The summed E-state index contributed by atoms with van der Waals surface area (Å²) in [6.07, 6.45) is 0.0385. The highest BCUT2D eigenvalue weighted by molar-refractivity contribution is 7.89. The number of carbonyl (C=O) groups is 2. The first-order chi connectivity index (χ1) is 15.8. The van der Waals surface area contributed by atoms with Gasteiger partial charge in [-0.15, -0.1) is 0 Å². The normalized spacial score (nSPS) is 16.6. The molecule has 1 aliphatic rings. The van der Waals surface area contributed by atoms with Gasteiger partial charge in [0.25, 0.3) is 5.91 Å². The van der Waals surface area contributed by atoms with Gasteiger partial charge >= 0.3 is 0 Å². The fraction of sp³-hybridized carbons (Fsp3) is 0.167. The van der Waals surface area contributed by atoms with Crippen molar-refractivity contribution in [3.05, 3.63) is 95.3 Å². The molecule has 0 aromatic heterocycles. The van der Waals surface area contributed by atoms with Crippen molar-refractivity contribution in [2.45, 2.75) is 23.8 Å². The molecule has 0 aliphatic carbocycles. The maximum absolute atomic E-state index is 13.5. The fourth-order valence-corrected chi connectivity index (χ4v) is 5.48. The van der Waals surface area contributed by atoms with Crippen molar-refractivity contribution in [1.29, 1.82) is 0 Å². The molecule has 0 radical (unpaired) electrons. The summed E-state index contributed by atoms with van der Waals surface area (Å²) in [6, 6.07) is 18.6. The van der Waals surface area contributed by atoms with Gasteiger partial charge in [0.15, 0.2) is 0 Å². The van der Waals surface area contributed by atoms with Gasteiger partial charge in [-0.1, -0.05) is 41.9 Å². The molecule has 1 fully saturated rings. The second-order valence-corrected chi connectivity index (χ2v) is 9.90. The molecule has 3 aromatic rings. The van der Waals surface area contributed by atoms with E-state index in [2.05, 4.69) is 0 Å². The first kappa shape index (κ1) is 23.1. The Morgan fingerprint density at radius 2 is 1.58 bits per heavy atom. The quantitative estimate of drug-likeness (QED) is 0.472. The van der Waals surface area contributed by atoms with E-state index in [1.807, 2.05) is 30.3 Å². The van der Waals surface area contributed by atoms with Crippen molar-refractivity contribution in [2.75, 3.05) is 11.4 Å². The lowest BCUT2D eigenvalue weighted by atomic mass is 10.1. The molecule has 0 N–H and O–H groups in total. The van der Waals surface area contributed by atoms with Crippen LogP contribution in [0.1, 0.15) is 12.0 Å². The van der Waals surface area contributed by atoms with Crippen LogP contribution in [0.25, 0.3) is 0 Å². The zero-order chi connectivity index (χ0) is 23.6. The number of carbonyl (C=O) groups excluding carboxylic acids is 2. The number of imide groups is 1. The Morgan fingerprint density at radius 1 is 0.939 bits per heavy atom. The van der Waals surface area contributed by atoms with E-state index >= 15 is 0 Å². The Labute approximate surface area is 196 Å². The summed E-state index contributed by atoms with van der Waals surface area (Å²) in [7, 11) is -4.19. The summed E-state index contributed by atoms with van der Waals surface area (Å²) in [5, 5.41) is 0.442. The topological polar surface area (TPSA) is 74.8 Å². The molecule has 1 atom stereocenters. The number of halogens is 2. The molecule has 2 amide bonds. The van der Waals surface area contributed by atoms with Gasteiger partial charge in [-0.3, -0.25) is 9.59 Å². The predicted molar refractivity (Wildman–Crippen MR) is 123 cm³/mol. The number of hydrogen-bond donors (Lipinski definition) is 0. The van der Waals surface area contributed by atoms with Gasteiger partial charge in [0.05, 0.1) is 17.0 Å². The third-order valence-corrected chi connectivity index (χ3v) is 7.61. The molecular formula is C24H20ClFN2O4S. The zero-order valence-corrected chi connectivity index (χ0v) is 19.0. The minimum Gasteiger partial charge on any atom is -0.274 e. The summed E-state index contributed by atoms with van der Waals surface area (Å²) in [6.45, 7) is -0.0259. The summed E-state index contributed by atoms with van der Waals surface area (Å²) >= 11 is 5.91. The Balaban J connectivity index is 1.69. The van der Waals surface area contributed by atoms with E-state index in [0.717, 1.165) is 39.0 Å². The number of sulfonamides is 1. The average molecular weight is 487 g/mol. The molecule has 1 unspecified atom stereocenters. The van der Waals surface area contributed by atoms with Crippen LogP contribution in [0, 0.1) is 5.82 Å². The van der Waals surface area contributed by atoms with E-state index < -0.39 is 33.7 Å². The van der Waals surface area contributed by atoms with Crippen molar-refractivity contribution in [3.63, 3.8) is 0 Å². The molecule has 0 saturated carbocycles. The summed E-state index contributed by atoms with van der Waals surface area (Å²) < 4.78 is 41.4. The number of anilines is 1. The Kier molecular flexibility index (Phi) is 6.60. The van der Waals surface area contributed by atoms with Crippen molar-refractivity contribution in [1.82, 2.24) is 4.31 Å². The SMILES string of the molecule is O=C1CC(N(CCc2ccccc2)S(=O)(=O)c2ccc(F)cc2)C(=O)N1c1ccc(Cl)cc1. The number of amides is 2. The monoisotopic (exact) mass is 486 g/mol. The van der Waals surface area contributed by atoms with Crippen molar-refractivity contribution >= 4 is 39.1 Å². The molecule has 1 saturated heterocycles. The van der Waals surface area contributed by atoms with E-state index in [1.54, 1.807) is 12.1 Å². The molecule has 3 aromatic carbocycles. The minimum atomic E-state index is -4.19. The fourth-order valence-electron chi connectivity index (χ4n) is 3.77. The van der Waals surface area contributed by atoms with Crippen LogP contribution >= 0.6 is 11.6 Å². The van der Waals surface area contributed by atoms with Crippen LogP contribution in [0.4, 0.5) is 10.1 Å². The van der Waals surface area contributed by atoms with E-state index in [9.17, 15) is 22.4 Å². The predicted octanol–water partition coefficient (Wildman–Crippen LogP) is 4.04. The number of hydrogen-bond acceptors (Lipinski definition) is 4. The van der Waals surface area contributed by atoms with Gasteiger partial charge in [0.1, 0.15) is 11.9 Å². The third-order valence-electron chi connectivity index (χ3n) is 5.44. The molecule has 4 rings (SSSR count). The van der Waals surface area contributed by atoms with Crippen LogP contribution in [0.3, 0.4) is 0 Å². The Morgan fingerprint density at radius 3 is 2.21 bits per heavy atom. The first-order valence-electron chi connectivity index (χ1n) is 10.2. The number of benzene rings is 3. The minimum absolute atomic E-state index is 0.0259. The molecule has 1 heterocycles. The average Bonchev–Trinajstić information content (AvgIpc) is 3.09. The van der Waals surface area contributed by atoms with Crippen LogP contribution in [0.15, 0.2) is 83.8 Å². The summed E-state index contributed by atoms with van der Waals surface area (Å²) in [5.41, 5.74) is 1.20. The molecular weight excluding hydrogens is 467 g/mol. The van der Waals surface area contributed by atoms with Crippen LogP contribution in [-0.4, -0.2) is 37.1 Å². The van der Waals surface area contributed by atoms with Gasteiger partial charge in [-0.05, 0) is 60.5 Å². The van der Waals surface area contributed by atoms with Crippen molar-refractivity contribution in [3.8, 4) is 0 Å². The van der Waals surface area contributed by atoms with Gasteiger partial charge in [0.2, 0.25) is 15.9 Å². The molecule has 0 spiro atoms. The van der Waals surface area contributed by atoms with E-state index in [0.29, 0.717) is 17.1 Å². The largest absolute Gasteiger partial charge is 0.274 e. The third kappa shape index (κ3) is 4.83. The van der Waals surface area contributed by atoms with Crippen LogP contribution in [0.5, 0.6) is 0 Å². The number of nitrogens with zero attached hydrogens (tertiary/aromatic N) is 2. The second-order valence-electron chi connectivity index (χ2n) is 7.57. The van der Waals surface area contributed by atoms with Crippen LogP contribution < -0.4 is 4.90 Å². The van der Waals surface area contributed by atoms with E-state index in [-0.39, 0.29) is 17.9 Å². The molecule has 9 heteroatoms. The van der Waals surface area contributed by atoms with Crippen LogP contribution in [-0.2, 0) is 26.0 Å². The van der Waals surface area contributed by atoms with Gasteiger partial charge in [-0.2, -0.15) is 4.31 Å². The number of rotatable bonds is 7. The van der Waals surface area contributed by atoms with Gasteiger partial charge < -0.3 is 0 Å². The van der Waals surface area contributed by atoms with Gasteiger partial charge in [0, 0.05) is 11.6 Å². The summed E-state index contributed by atoms with van der Waals surface area (Å²) in [4.78, 5) is 26.9.